The van der Waals surface area contributed by atoms with Crippen LogP contribution in [-0.2, 0) is 11.2 Å². The van der Waals surface area contributed by atoms with Gasteiger partial charge in [-0.2, -0.15) is 0 Å². The predicted molar refractivity (Wildman–Crippen MR) is 62.7 cm³/mol. The number of hydrogen-bond acceptors (Lipinski definition) is 2. The summed E-state index contributed by atoms with van der Waals surface area (Å²) in [5.74, 6) is -0.846. The van der Waals surface area contributed by atoms with Crippen LogP contribution in [0.4, 0.5) is 0 Å². The zero-order valence-electron chi connectivity index (χ0n) is 9.03. The second kappa shape index (κ2) is 4.44. The molecule has 16 heavy (non-hydrogen) atoms. The highest BCUT2D eigenvalue weighted by Crippen LogP contribution is 2.31. The molecule has 2 atom stereocenters. The largest absolute Gasteiger partial charge is 0.480 e. The molecule has 0 saturated carbocycles. The van der Waals surface area contributed by atoms with Gasteiger partial charge >= 0.3 is 5.97 Å². The molecule has 0 aromatic heterocycles. The molecule has 2 N–H and O–H groups in total. The Labute approximate surface area is 99.4 Å². The van der Waals surface area contributed by atoms with Gasteiger partial charge in [-0.15, -0.1) is 0 Å². The van der Waals surface area contributed by atoms with E-state index in [2.05, 4.69) is 5.32 Å². The number of aliphatic carboxylic acids is 1. The summed E-state index contributed by atoms with van der Waals surface area (Å²) in [6, 6.07) is 5.00. The van der Waals surface area contributed by atoms with E-state index in [4.69, 9.17) is 11.6 Å². The monoisotopic (exact) mass is 239 g/mol. The molecule has 2 rings (SSSR count). The number of carboxylic acids is 1. The molecule has 1 aromatic rings. The molecule has 0 bridgehead atoms. The fourth-order valence-corrected chi connectivity index (χ4v) is 2.42. The molecule has 0 fully saturated rings. The lowest BCUT2D eigenvalue weighted by Crippen LogP contribution is -2.42. The minimum absolute atomic E-state index is 0.188. The van der Waals surface area contributed by atoms with Gasteiger partial charge in [0.15, 0.2) is 0 Å². The van der Waals surface area contributed by atoms with Crippen molar-refractivity contribution >= 4 is 17.6 Å². The third-order valence-corrected chi connectivity index (χ3v) is 3.41. The van der Waals surface area contributed by atoms with E-state index < -0.39 is 12.0 Å². The second-order valence-corrected chi connectivity index (χ2v) is 4.46. The smallest absolute Gasteiger partial charge is 0.325 e. The average Bonchev–Trinajstić information content (AvgIpc) is 2.28. The molecule has 0 radical (unpaired) electrons. The summed E-state index contributed by atoms with van der Waals surface area (Å²) in [4.78, 5) is 11.2. The summed E-state index contributed by atoms with van der Waals surface area (Å²) >= 11 is 6.11. The van der Waals surface area contributed by atoms with Crippen LogP contribution in [0.15, 0.2) is 18.2 Å². The van der Waals surface area contributed by atoms with Crippen molar-refractivity contribution in [1.29, 1.82) is 0 Å². The summed E-state index contributed by atoms with van der Waals surface area (Å²) in [5.41, 5.74) is 1.77. The molecule has 0 aliphatic carbocycles. The van der Waals surface area contributed by atoms with Crippen LogP contribution in [0.5, 0.6) is 0 Å². The van der Waals surface area contributed by atoms with Crippen molar-refractivity contribution in [2.75, 3.05) is 0 Å². The van der Waals surface area contributed by atoms with E-state index in [1.165, 1.54) is 0 Å². The fourth-order valence-electron chi connectivity index (χ4n) is 2.16. The summed E-state index contributed by atoms with van der Waals surface area (Å²) in [7, 11) is 0. The van der Waals surface area contributed by atoms with Gasteiger partial charge in [-0.05, 0) is 30.0 Å². The Hall–Kier alpha value is -1.06. The van der Waals surface area contributed by atoms with Crippen molar-refractivity contribution in [2.45, 2.75) is 31.8 Å². The fraction of sp³-hybridized carbons (Fsp3) is 0.417. The number of nitrogens with one attached hydrogen (secondary N) is 1. The molecule has 1 aromatic carbocycles. The van der Waals surface area contributed by atoms with Gasteiger partial charge in [0, 0.05) is 11.1 Å². The van der Waals surface area contributed by atoms with Crippen molar-refractivity contribution in [3.05, 3.63) is 34.3 Å². The molecule has 86 valence electrons. The lowest BCUT2D eigenvalue weighted by molar-refractivity contribution is -0.140. The van der Waals surface area contributed by atoms with Crippen LogP contribution >= 0.6 is 11.6 Å². The molecule has 4 heteroatoms. The SMILES string of the molecule is CCC1Cc2c(Cl)cccc2C(C(=O)O)N1. The topological polar surface area (TPSA) is 49.3 Å². The predicted octanol–water partition coefficient (Wildman–Crippen LogP) is 2.39. The van der Waals surface area contributed by atoms with Crippen molar-refractivity contribution in [3.63, 3.8) is 0 Å². The summed E-state index contributed by atoms with van der Waals surface area (Å²) < 4.78 is 0. The molecule has 0 saturated heterocycles. The second-order valence-electron chi connectivity index (χ2n) is 4.05. The van der Waals surface area contributed by atoms with E-state index in [0.717, 1.165) is 24.0 Å². The van der Waals surface area contributed by atoms with Gasteiger partial charge in [0.25, 0.3) is 0 Å². The maximum atomic E-state index is 11.2. The van der Waals surface area contributed by atoms with Crippen LogP contribution < -0.4 is 5.32 Å². The average molecular weight is 240 g/mol. The number of fused-ring (bicyclic) bond motifs is 1. The highest BCUT2D eigenvalue weighted by molar-refractivity contribution is 6.31. The first-order valence-electron chi connectivity index (χ1n) is 5.39. The van der Waals surface area contributed by atoms with E-state index in [1.807, 2.05) is 19.1 Å². The van der Waals surface area contributed by atoms with E-state index in [-0.39, 0.29) is 6.04 Å². The number of carboxylic acid groups (broad SMARTS) is 1. The highest BCUT2D eigenvalue weighted by atomic mass is 35.5. The van der Waals surface area contributed by atoms with Gasteiger partial charge < -0.3 is 5.11 Å². The van der Waals surface area contributed by atoms with Crippen LogP contribution in [-0.4, -0.2) is 17.1 Å². The molecule has 1 heterocycles. The number of rotatable bonds is 2. The Kier molecular flexibility index (Phi) is 3.17. The number of hydrogen-bond donors (Lipinski definition) is 2. The normalized spacial score (nSPS) is 23.9. The van der Waals surface area contributed by atoms with Gasteiger partial charge in [-0.1, -0.05) is 30.7 Å². The number of carbonyl (C=O) groups is 1. The minimum Gasteiger partial charge on any atom is -0.480 e. The summed E-state index contributed by atoms with van der Waals surface area (Å²) in [6.45, 7) is 2.04. The van der Waals surface area contributed by atoms with Crippen molar-refractivity contribution in [3.8, 4) is 0 Å². The molecule has 3 nitrogen and oxygen atoms in total. The maximum Gasteiger partial charge on any atom is 0.325 e. The first-order valence-corrected chi connectivity index (χ1v) is 5.77. The molecule has 1 aliphatic rings. The van der Waals surface area contributed by atoms with Gasteiger partial charge in [-0.3, -0.25) is 10.1 Å². The van der Waals surface area contributed by atoms with Crippen LogP contribution in [0.2, 0.25) is 5.02 Å². The highest BCUT2D eigenvalue weighted by Gasteiger charge is 2.30. The molecule has 0 spiro atoms. The number of halogens is 1. The Morgan fingerprint density at radius 3 is 3.00 bits per heavy atom. The maximum absolute atomic E-state index is 11.2. The molecule has 0 amide bonds. The lowest BCUT2D eigenvalue weighted by atomic mass is 9.89. The first kappa shape index (κ1) is 11.4. The Morgan fingerprint density at radius 2 is 2.38 bits per heavy atom. The van der Waals surface area contributed by atoms with Crippen LogP contribution in [0, 0.1) is 0 Å². The van der Waals surface area contributed by atoms with Crippen LogP contribution in [0.1, 0.15) is 30.5 Å². The molecule has 1 aliphatic heterocycles. The number of benzene rings is 1. The third-order valence-electron chi connectivity index (χ3n) is 3.06. The van der Waals surface area contributed by atoms with Crippen molar-refractivity contribution in [1.82, 2.24) is 5.32 Å². The van der Waals surface area contributed by atoms with Gasteiger partial charge in [0.05, 0.1) is 0 Å². The molecular weight excluding hydrogens is 226 g/mol. The van der Waals surface area contributed by atoms with Crippen LogP contribution in [0.3, 0.4) is 0 Å². The van der Waals surface area contributed by atoms with Crippen molar-refractivity contribution in [2.24, 2.45) is 0 Å². The van der Waals surface area contributed by atoms with Gasteiger partial charge in [-0.25, -0.2) is 0 Å². The minimum atomic E-state index is -0.846. The van der Waals surface area contributed by atoms with E-state index in [0.29, 0.717) is 5.02 Å². The summed E-state index contributed by atoms with van der Waals surface area (Å²) in [6.07, 6.45) is 1.70. The zero-order chi connectivity index (χ0) is 11.7. The van der Waals surface area contributed by atoms with E-state index in [9.17, 15) is 9.90 Å². The Bertz CT molecular complexity index is 419. The quantitative estimate of drug-likeness (QED) is 0.833. The third kappa shape index (κ3) is 1.93. The summed E-state index contributed by atoms with van der Waals surface area (Å²) in [5, 5.41) is 13.0. The standard InChI is InChI=1S/C12H14ClNO2/c1-2-7-6-9-8(4-3-5-10(9)13)11(14-7)12(15)16/h3-5,7,11,14H,2,6H2,1H3,(H,15,16). The first-order chi connectivity index (χ1) is 7.63. The lowest BCUT2D eigenvalue weighted by Gasteiger charge is -2.31. The van der Waals surface area contributed by atoms with Gasteiger partial charge in [0.2, 0.25) is 0 Å². The van der Waals surface area contributed by atoms with Crippen molar-refractivity contribution < 1.29 is 9.90 Å². The van der Waals surface area contributed by atoms with Gasteiger partial charge in [0.1, 0.15) is 6.04 Å². The van der Waals surface area contributed by atoms with E-state index >= 15 is 0 Å². The molecular formula is C12H14ClNO2. The van der Waals surface area contributed by atoms with E-state index in [1.54, 1.807) is 6.07 Å². The molecule has 2 unspecified atom stereocenters. The van der Waals surface area contributed by atoms with Crippen LogP contribution in [0.25, 0.3) is 0 Å². The zero-order valence-corrected chi connectivity index (χ0v) is 9.79. The Balaban J connectivity index is 2.46. The Morgan fingerprint density at radius 1 is 1.62 bits per heavy atom.